The fourth-order valence-corrected chi connectivity index (χ4v) is 5.77. The molecule has 98 valence electrons. The lowest BCUT2D eigenvalue weighted by Gasteiger charge is -2.32. The average molecular weight is 262 g/mol. The Morgan fingerprint density at radius 1 is 1.28 bits per heavy atom. The molecule has 2 bridgehead atoms. The lowest BCUT2D eigenvalue weighted by Crippen LogP contribution is -2.38. The molecule has 0 radical (unpaired) electrons. The Morgan fingerprint density at radius 2 is 2.17 bits per heavy atom. The molecule has 3 saturated carbocycles. The smallest absolute Gasteiger partial charge is 0.0897 e. The highest BCUT2D eigenvalue weighted by Gasteiger charge is 2.53. The van der Waals surface area contributed by atoms with Gasteiger partial charge in [0, 0.05) is 23.7 Å². The standard InChI is InChI=1S/C15H22N2S/c1-9-16-7-11(18-9)8-17-15-6-10-5-14(15)13-4-2-3-12(10)13/h7,10,12-15,17H,2-6,8H2,1H3. The molecule has 5 atom stereocenters. The summed E-state index contributed by atoms with van der Waals surface area (Å²) < 4.78 is 0. The minimum atomic E-state index is 0.803. The van der Waals surface area contributed by atoms with Crippen LogP contribution in [0, 0.1) is 30.6 Å². The fraction of sp³-hybridized carbons (Fsp3) is 0.800. The molecular formula is C15H22N2S. The molecule has 3 aliphatic rings. The fourth-order valence-electron chi connectivity index (χ4n) is 5.02. The molecule has 5 unspecified atom stereocenters. The highest BCUT2D eigenvalue weighted by atomic mass is 32.1. The molecule has 1 N–H and O–H groups in total. The predicted molar refractivity (Wildman–Crippen MR) is 74.5 cm³/mol. The third-order valence-corrected chi connectivity index (χ3v) is 6.55. The zero-order chi connectivity index (χ0) is 12.1. The van der Waals surface area contributed by atoms with E-state index in [9.17, 15) is 0 Å². The number of fused-ring (bicyclic) bond motifs is 5. The van der Waals surface area contributed by atoms with Crippen LogP contribution >= 0.6 is 11.3 Å². The summed E-state index contributed by atoms with van der Waals surface area (Å²) in [6, 6.07) is 0.803. The second-order valence-corrected chi connectivity index (χ2v) is 7.81. The first kappa shape index (κ1) is 11.4. The molecule has 0 amide bonds. The highest BCUT2D eigenvalue weighted by Crippen LogP contribution is 2.58. The zero-order valence-corrected chi connectivity index (χ0v) is 11.9. The minimum absolute atomic E-state index is 0.803. The summed E-state index contributed by atoms with van der Waals surface area (Å²) in [5, 5.41) is 5.02. The van der Waals surface area contributed by atoms with Crippen LogP contribution in [-0.4, -0.2) is 11.0 Å². The van der Waals surface area contributed by atoms with Crippen LogP contribution in [0.5, 0.6) is 0 Å². The Balaban J connectivity index is 1.39. The van der Waals surface area contributed by atoms with E-state index in [0.29, 0.717) is 0 Å². The number of nitrogens with one attached hydrogen (secondary N) is 1. The Hall–Kier alpha value is -0.410. The van der Waals surface area contributed by atoms with Crippen LogP contribution < -0.4 is 5.32 Å². The molecule has 4 rings (SSSR count). The van der Waals surface area contributed by atoms with E-state index in [4.69, 9.17) is 0 Å². The van der Waals surface area contributed by atoms with Crippen molar-refractivity contribution >= 4 is 11.3 Å². The molecule has 0 aromatic carbocycles. The molecule has 3 fully saturated rings. The average Bonchev–Trinajstić information content (AvgIpc) is 3.08. The van der Waals surface area contributed by atoms with Gasteiger partial charge in [0.1, 0.15) is 0 Å². The van der Waals surface area contributed by atoms with Gasteiger partial charge in [0.05, 0.1) is 5.01 Å². The number of thiazole rings is 1. The van der Waals surface area contributed by atoms with Gasteiger partial charge in [-0.2, -0.15) is 0 Å². The largest absolute Gasteiger partial charge is 0.309 e. The number of aryl methyl sites for hydroxylation is 1. The Bertz CT molecular complexity index is 441. The number of hydrogen-bond donors (Lipinski definition) is 1. The van der Waals surface area contributed by atoms with Crippen molar-refractivity contribution in [3.8, 4) is 0 Å². The third kappa shape index (κ3) is 1.75. The van der Waals surface area contributed by atoms with Crippen molar-refractivity contribution in [2.24, 2.45) is 23.7 Å². The van der Waals surface area contributed by atoms with E-state index in [1.165, 1.54) is 42.0 Å². The van der Waals surface area contributed by atoms with Crippen LogP contribution in [-0.2, 0) is 6.54 Å². The molecule has 1 aromatic rings. The van der Waals surface area contributed by atoms with E-state index in [-0.39, 0.29) is 0 Å². The van der Waals surface area contributed by atoms with E-state index < -0.39 is 0 Å². The normalized spacial score (nSPS) is 41.5. The molecule has 0 saturated heterocycles. The predicted octanol–water partition coefficient (Wildman–Crippen LogP) is 3.37. The van der Waals surface area contributed by atoms with Crippen LogP contribution in [0.1, 0.15) is 42.0 Å². The van der Waals surface area contributed by atoms with Crippen molar-refractivity contribution in [2.45, 2.75) is 51.6 Å². The van der Waals surface area contributed by atoms with Gasteiger partial charge in [-0.05, 0) is 56.3 Å². The summed E-state index contributed by atoms with van der Waals surface area (Å²) in [5.74, 6) is 4.24. The highest BCUT2D eigenvalue weighted by molar-refractivity contribution is 7.11. The van der Waals surface area contributed by atoms with Gasteiger partial charge in [-0.3, -0.25) is 0 Å². The molecular weight excluding hydrogens is 240 g/mol. The van der Waals surface area contributed by atoms with Crippen LogP contribution in [0.15, 0.2) is 6.20 Å². The first-order valence-corrected chi connectivity index (χ1v) is 8.27. The van der Waals surface area contributed by atoms with Gasteiger partial charge in [0.25, 0.3) is 0 Å². The maximum absolute atomic E-state index is 4.34. The van der Waals surface area contributed by atoms with Gasteiger partial charge in [0.2, 0.25) is 0 Å². The van der Waals surface area contributed by atoms with Crippen molar-refractivity contribution in [2.75, 3.05) is 0 Å². The first-order chi connectivity index (χ1) is 8.81. The van der Waals surface area contributed by atoms with E-state index in [0.717, 1.165) is 36.3 Å². The third-order valence-electron chi connectivity index (χ3n) is 5.64. The van der Waals surface area contributed by atoms with Gasteiger partial charge < -0.3 is 5.32 Å². The Kier molecular flexibility index (Phi) is 2.73. The van der Waals surface area contributed by atoms with Crippen LogP contribution in [0.3, 0.4) is 0 Å². The number of rotatable bonds is 3. The summed E-state index contributed by atoms with van der Waals surface area (Å²) >= 11 is 1.84. The quantitative estimate of drug-likeness (QED) is 0.903. The van der Waals surface area contributed by atoms with Gasteiger partial charge in [-0.25, -0.2) is 4.98 Å². The van der Waals surface area contributed by atoms with Crippen molar-refractivity contribution in [1.29, 1.82) is 0 Å². The van der Waals surface area contributed by atoms with E-state index in [2.05, 4.69) is 17.2 Å². The summed E-state index contributed by atoms with van der Waals surface area (Å²) in [6.45, 7) is 3.13. The maximum atomic E-state index is 4.34. The maximum Gasteiger partial charge on any atom is 0.0897 e. The second kappa shape index (κ2) is 4.31. The molecule has 2 nitrogen and oxygen atoms in total. The number of hydrogen-bond acceptors (Lipinski definition) is 3. The summed E-state index contributed by atoms with van der Waals surface area (Å²) in [5.41, 5.74) is 0. The number of aromatic nitrogens is 1. The van der Waals surface area contributed by atoms with Gasteiger partial charge in [-0.1, -0.05) is 6.42 Å². The van der Waals surface area contributed by atoms with Crippen molar-refractivity contribution < 1.29 is 0 Å². The topological polar surface area (TPSA) is 24.9 Å². The van der Waals surface area contributed by atoms with Crippen LogP contribution in [0.2, 0.25) is 0 Å². The lowest BCUT2D eigenvalue weighted by molar-refractivity contribution is 0.208. The molecule has 3 aliphatic carbocycles. The Morgan fingerprint density at radius 3 is 3.00 bits per heavy atom. The van der Waals surface area contributed by atoms with Crippen LogP contribution in [0.25, 0.3) is 0 Å². The second-order valence-electron chi connectivity index (χ2n) is 6.49. The lowest BCUT2D eigenvalue weighted by atomic mass is 9.79. The molecule has 0 aliphatic heterocycles. The molecule has 1 aromatic heterocycles. The van der Waals surface area contributed by atoms with Crippen molar-refractivity contribution in [3.63, 3.8) is 0 Å². The minimum Gasteiger partial charge on any atom is -0.309 e. The Labute approximate surface area is 113 Å². The first-order valence-electron chi connectivity index (χ1n) is 7.46. The van der Waals surface area contributed by atoms with Crippen molar-refractivity contribution in [3.05, 3.63) is 16.1 Å². The van der Waals surface area contributed by atoms with Gasteiger partial charge >= 0.3 is 0 Å². The molecule has 18 heavy (non-hydrogen) atoms. The zero-order valence-electron chi connectivity index (χ0n) is 11.1. The van der Waals surface area contributed by atoms with Gasteiger partial charge in [0.15, 0.2) is 0 Å². The monoisotopic (exact) mass is 262 g/mol. The van der Waals surface area contributed by atoms with Crippen LogP contribution in [0.4, 0.5) is 0 Å². The van der Waals surface area contributed by atoms with Gasteiger partial charge in [-0.15, -0.1) is 11.3 Å². The SMILES string of the molecule is Cc1ncc(CNC2CC3CC2C2CCCC32)s1. The molecule has 0 spiro atoms. The number of nitrogens with zero attached hydrogens (tertiary/aromatic N) is 1. The van der Waals surface area contributed by atoms with Crippen molar-refractivity contribution in [1.82, 2.24) is 10.3 Å². The summed E-state index contributed by atoms with van der Waals surface area (Å²) in [4.78, 5) is 5.74. The van der Waals surface area contributed by atoms with E-state index >= 15 is 0 Å². The molecule has 3 heteroatoms. The van der Waals surface area contributed by atoms with E-state index in [1.54, 1.807) is 0 Å². The van der Waals surface area contributed by atoms with E-state index in [1.807, 2.05) is 17.5 Å². The summed E-state index contributed by atoms with van der Waals surface area (Å²) in [6.07, 6.45) is 9.57. The molecule has 1 heterocycles. The summed E-state index contributed by atoms with van der Waals surface area (Å²) in [7, 11) is 0.